The Labute approximate surface area is 125 Å². The first-order chi connectivity index (χ1) is 9.52. The minimum Gasteiger partial charge on any atom is -0.357 e. The van der Waals surface area contributed by atoms with Gasteiger partial charge in [0.25, 0.3) is 0 Å². The van der Waals surface area contributed by atoms with Gasteiger partial charge in [0.2, 0.25) is 0 Å². The highest BCUT2D eigenvalue weighted by molar-refractivity contribution is 5.80. The van der Waals surface area contributed by atoms with E-state index in [9.17, 15) is 0 Å². The number of guanidine groups is 1. The highest BCUT2D eigenvalue weighted by Gasteiger charge is 2.15. The first-order valence-corrected chi connectivity index (χ1v) is 8.30. The monoisotopic (exact) mass is 282 g/mol. The van der Waals surface area contributed by atoms with Crippen molar-refractivity contribution in [2.24, 2.45) is 16.8 Å². The molecule has 0 spiro atoms. The van der Waals surface area contributed by atoms with E-state index in [1.165, 1.54) is 25.9 Å². The van der Waals surface area contributed by atoms with Crippen molar-refractivity contribution in [3.8, 4) is 0 Å². The Kier molecular flexibility index (Phi) is 7.97. The number of nitrogens with zero attached hydrogens (tertiary/aromatic N) is 2. The lowest BCUT2D eigenvalue weighted by Gasteiger charge is -2.30. The molecular formula is C16H34N4. The van der Waals surface area contributed by atoms with Crippen LogP contribution in [0.15, 0.2) is 4.99 Å². The SMILES string of the molecule is CCNC(=NCCN1CCCC(C)C1)NC(C)C(C)C. The average Bonchev–Trinajstić information content (AvgIpc) is 2.38. The van der Waals surface area contributed by atoms with Gasteiger partial charge < -0.3 is 15.5 Å². The molecule has 4 heteroatoms. The van der Waals surface area contributed by atoms with Crippen LogP contribution < -0.4 is 10.6 Å². The maximum atomic E-state index is 4.71. The predicted molar refractivity (Wildman–Crippen MR) is 88.3 cm³/mol. The van der Waals surface area contributed by atoms with Crippen molar-refractivity contribution in [1.82, 2.24) is 15.5 Å². The number of nitrogens with one attached hydrogen (secondary N) is 2. The zero-order valence-corrected chi connectivity index (χ0v) is 14.1. The van der Waals surface area contributed by atoms with Crippen LogP contribution in [0.1, 0.15) is 47.5 Å². The van der Waals surface area contributed by atoms with Crippen LogP contribution in [-0.4, -0.2) is 49.6 Å². The molecule has 1 heterocycles. The summed E-state index contributed by atoms with van der Waals surface area (Å²) in [5.41, 5.74) is 0. The minimum absolute atomic E-state index is 0.447. The van der Waals surface area contributed by atoms with Crippen molar-refractivity contribution >= 4 is 5.96 Å². The zero-order valence-electron chi connectivity index (χ0n) is 14.1. The van der Waals surface area contributed by atoms with Gasteiger partial charge in [-0.05, 0) is 45.1 Å². The molecule has 0 aliphatic carbocycles. The molecule has 1 aliphatic heterocycles. The first kappa shape index (κ1) is 17.3. The summed E-state index contributed by atoms with van der Waals surface area (Å²) in [5, 5.41) is 6.82. The quantitative estimate of drug-likeness (QED) is 0.580. The molecule has 2 atom stereocenters. The highest BCUT2D eigenvalue weighted by Crippen LogP contribution is 2.14. The Bertz CT molecular complexity index is 288. The van der Waals surface area contributed by atoms with Crippen LogP contribution in [0.3, 0.4) is 0 Å². The average molecular weight is 282 g/mol. The van der Waals surface area contributed by atoms with E-state index in [1.807, 2.05) is 0 Å². The second-order valence-electron chi connectivity index (χ2n) is 6.49. The summed E-state index contributed by atoms with van der Waals surface area (Å²) in [6.07, 6.45) is 2.73. The molecule has 1 fully saturated rings. The summed E-state index contributed by atoms with van der Waals surface area (Å²) in [4.78, 5) is 7.26. The molecular weight excluding hydrogens is 248 g/mol. The Hall–Kier alpha value is -0.770. The molecule has 0 aromatic heterocycles. The van der Waals surface area contributed by atoms with E-state index in [1.54, 1.807) is 0 Å². The van der Waals surface area contributed by atoms with Crippen LogP contribution in [0.2, 0.25) is 0 Å². The second-order valence-corrected chi connectivity index (χ2v) is 6.49. The highest BCUT2D eigenvalue weighted by atomic mass is 15.2. The normalized spacial score (nSPS) is 22.9. The first-order valence-electron chi connectivity index (χ1n) is 8.30. The third-order valence-corrected chi connectivity index (χ3v) is 4.14. The van der Waals surface area contributed by atoms with E-state index < -0.39 is 0 Å². The number of hydrogen-bond donors (Lipinski definition) is 2. The number of likely N-dealkylation sites (tertiary alicyclic amines) is 1. The van der Waals surface area contributed by atoms with Gasteiger partial charge in [0.1, 0.15) is 0 Å². The lowest BCUT2D eigenvalue weighted by molar-refractivity contribution is 0.189. The topological polar surface area (TPSA) is 39.7 Å². The molecule has 1 saturated heterocycles. The molecule has 0 amide bonds. The lowest BCUT2D eigenvalue weighted by Crippen LogP contribution is -2.44. The summed E-state index contributed by atoms with van der Waals surface area (Å²) >= 11 is 0. The number of aliphatic imine (C=N–C) groups is 1. The largest absolute Gasteiger partial charge is 0.357 e. The van der Waals surface area contributed by atoms with Crippen LogP contribution in [0.4, 0.5) is 0 Å². The lowest BCUT2D eigenvalue weighted by atomic mass is 10.0. The molecule has 1 aliphatic rings. The fourth-order valence-electron chi connectivity index (χ4n) is 2.50. The van der Waals surface area contributed by atoms with Crippen molar-refractivity contribution in [1.29, 1.82) is 0 Å². The van der Waals surface area contributed by atoms with Gasteiger partial charge in [-0.1, -0.05) is 20.8 Å². The standard InChI is InChI=1S/C16H34N4/c1-6-17-16(19-15(5)13(2)3)18-9-11-20-10-7-8-14(4)12-20/h13-15H,6-12H2,1-5H3,(H2,17,18,19). The van der Waals surface area contributed by atoms with Crippen LogP contribution in [-0.2, 0) is 0 Å². The van der Waals surface area contributed by atoms with E-state index in [0.717, 1.165) is 31.5 Å². The van der Waals surface area contributed by atoms with Gasteiger partial charge in [-0.15, -0.1) is 0 Å². The van der Waals surface area contributed by atoms with Crippen molar-refractivity contribution in [3.05, 3.63) is 0 Å². The molecule has 118 valence electrons. The van der Waals surface area contributed by atoms with Gasteiger partial charge in [-0.2, -0.15) is 0 Å². The van der Waals surface area contributed by atoms with Crippen molar-refractivity contribution in [3.63, 3.8) is 0 Å². The van der Waals surface area contributed by atoms with Gasteiger partial charge >= 0.3 is 0 Å². The van der Waals surface area contributed by atoms with Crippen LogP contribution >= 0.6 is 0 Å². The molecule has 1 rings (SSSR count). The second kappa shape index (κ2) is 9.22. The molecule has 0 aromatic rings. The summed E-state index contributed by atoms with van der Waals surface area (Å²) in [5.74, 6) is 2.42. The molecule has 2 unspecified atom stereocenters. The summed E-state index contributed by atoms with van der Waals surface area (Å²) in [6.45, 7) is 16.5. The molecule has 2 N–H and O–H groups in total. The molecule has 4 nitrogen and oxygen atoms in total. The van der Waals surface area contributed by atoms with Crippen LogP contribution in [0.5, 0.6) is 0 Å². The van der Waals surface area contributed by atoms with Gasteiger partial charge in [-0.25, -0.2) is 0 Å². The Balaban J connectivity index is 2.37. The zero-order chi connectivity index (χ0) is 15.0. The molecule has 0 radical (unpaired) electrons. The molecule has 0 bridgehead atoms. The Morgan fingerprint density at radius 3 is 2.70 bits per heavy atom. The number of rotatable bonds is 6. The van der Waals surface area contributed by atoms with E-state index in [0.29, 0.717) is 12.0 Å². The third kappa shape index (κ3) is 6.60. The maximum absolute atomic E-state index is 4.71. The fourth-order valence-corrected chi connectivity index (χ4v) is 2.50. The fraction of sp³-hybridized carbons (Fsp3) is 0.938. The summed E-state index contributed by atoms with van der Waals surface area (Å²) in [6, 6.07) is 0.447. The molecule has 0 aromatic carbocycles. The van der Waals surface area contributed by atoms with Gasteiger partial charge in [0.05, 0.1) is 6.54 Å². The molecule has 0 saturated carbocycles. The minimum atomic E-state index is 0.447. The van der Waals surface area contributed by atoms with E-state index >= 15 is 0 Å². The third-order valence-electron chi connectivity index (χ3n) is 4.14. The number of hydrogen-bond acceptors (Lipinski definition) is 2. The van der Waals surface area contributed by atoms with Crippen molar-refractivity contribution in [2.45, 2.75) is 53.5 Å². The Morgan fingerprint density at radius 1 is 1.35 bits per heavy atom. The van der Waals surface area contributed by atoms with Gasteiger partial charge in [-0.3, -0.25) is 4.99 Å². The summed E-state index contributed by atoms with van der Waals surface area (Å²) < 4.78 is 0. The van der Waals surface area contributed by atoms with Gasteiger partial charge in [0, 0.05) is 25.7 Å². The maximum Gasteiger partial charge on any atom is 0.191 e. The summed E-state index contributed by atoms with van der Waals surface area (Å²) in [7, 11) is 0. The van der Waals surface area contributed by atoms with E-state index in [-0.39, 0.29) is 0 Å². The van der Waals surface area contributed by atoms with Gasteiger partial charge in [0.15, 0.2) is 5.96 Å². The van der Waals surface area contributed by atoms with Crippen LogP contribution in [0.25, 0.3) is 0 Å². The van der Waals surface area contributed by atoms with Crippen molar-refractivity contribution < 1.29 is 0 Å². The van der Waals surface area contributed by atoms with Crippen LogP contribution in [0, 0.1) is 11.8 Å². The predicted octanol–water partition coefficient (Wildman–Crippen LogP) is 2.32. The van der Waals surface area contributed by atoms with E-state index in [4.69, 9.17) is 4.99 Å². The number of piperidine rings is 1. The Morgan fingerprint density at radius 2 is 2.10 bits per heavy atom. The smallest absolute Gasteiger partial charge is 0.191 e. The van der Waals surface area contributed by atoms with Crippen molar-refractivity contribution in [2.75, 3.05) is 32.7 Å². The molecule has 20 heavy (non-hydrogen) atoms. The van der Waals surface area contributed by atoms with E-state index in [2.05, 4.69) is 50.2 Å².